The number of hydrogen-bond donors (Lipinski definition) is 2. The van der Waals surface area contributed by atoms with Crippen molar-refractivity contribution in [2.45, 2.75) is 26.2 Å². The van der Waals surface area contributed by atoms with Gasteiger partial charge >= 0.3 is 0 Å². The lowest BCUT2D eigenvalue weighted by Gasteiger charge is -2.13. The summed E-state index contributed by atoms with van der Waals surface area (Å²) in [6.45, 7) is 1.69. The van der Waals surface area contributed by atoms with Gasteiger partial charge in [0, 0.05) is 22.0 Å². The molecule has 2 N–H and O–H groups in total. The molecule has 4 rings (SSSR count). The van der Waals surface area contributed by atoms with Crippen molar-refractivity contribution in [3.8, 4) is 5.75 Å². The average molecular weight is 496 g/mol. The van der Waals surface area contributed by atoms with Crippen molar-refractivity contribution in [1.29, 1.82) is 0 Å². The van der Waals surface area contributed by atoms with Crippen LogP contribution in [0, 0.1) is 6.92 Å². The van der Waals surface area contributed by atoms with E-state index in [0.29, 0.717) is 41.3 Å². The van der Waals surface area contributed by atoms with Crippen molar-refractivity contribution in [3.63, 3.8) is 0 Å². The van der Waals surface area contributed by atoms with Crippen molar-refractivity contribution in [3.05, 3.63) is 81.7 Å². The topological polar surface area (TPSA) is 92.9 Å². The largest absolute Gasteiger partial charge is 0.484 e. The molecule has 32 heavy (non-hydrogen) atoms. The molecule has 0 radical (unpaired) electrons. The lowest BCUT2D eigenvalue weighted by Crippen LogP contribution is -2.27. The van der Waals surface area contributed by atoms with E-state index < -0.39 is 0 Å². The summed E-state index contributed by atoms with van der Waals surface area (Å²) in [5.41, 5.74) is 5.40. The Hall–Kier alpha value is -3.39. The van der Waals surface area contributed by atoms with Crippen molar-refractivity contribution in [2.75, 3.05) is 11.9 Å². The number of halogens is 1. The molecule has 2 amide bonds. The Morgan fingerprint density at radius 2 is 1.84 bits per heavy atom. The maximum absolute atomic E-state index is 12.8. The van der Waals surface area contributed by atoms with E-state index in [1.807, 2.05) is 43.3 Å². The van der Waals surface area contributed by atoms with Crippen LogP contribution in [0.3, 0.4) is 0 Å². The van der Waals surface area contributed by atoms with E-state index in [2.05, 4.69) is 31.8 Å². The van der Waals surface area contributed by atoms with Crippen LogP contribution < -0.4 is 15.5 Å². The van der Waals surface area contributed by atoms with Crippen LogP contribution in [0.25, 0.3) is 0 Å². The standard InChI is InChI=1S/C24H22BrN3O4/c1-15-22-19(27-28-21(29)14-31-16-8-3-2-4-9-16)12-7-13-20(22)32-23(15)24(30)26-18-11-6-5-10-17(18)25/h2-6,8-11H,7,12-14H2,1H3,(H,26,30)(H,28,29)/b27-19+. The molecule has 164 valence electrons. The number of ether oxygens (including phenoxy) is 1. The summed E-state index contributed by atoms with van der Waals surface area (Å²) in [5, 5.41) is 7.17. The molecule has 1 aliphatic carbocycles. The first kappa shape index (κ1) is 21.8. The molecular formula is C24H22BrN3O4. The first-order valence-corrected chi connectivity index (χ1v) is 11.0. The van der Waals surface area contributed by atoms with E-state index >= 15 is 0 Å². The van der Waals surface area contributed by atoms with Gasteiger partial charge in [-0.25, -0.2) is 5.43 Å². The van der Waals surface area contributed by atoms with Crippen LogP contribution in [0.5, 0.6) is 5.75 Å². The quantitative estimate of drug-likeness (QED) is 0.478. The number of aryl methyl sites for hydroxylation is 1. The van der Waals surface area contributed by atoms with Crippen molar-refractivity contribution >= 4 is 39.1 Å². The minimum Gasteiger partial charge on any atom is -0.484 e. The number of anilines is 1. The number of furan rings is 1. The maximum Gasteiger partial charge on any atom is 0.291 e. The monoisotopic (exact) mass is 495 g/mol. The fraction of sp³-hybridized carbons (Fsp3) is 0.208. The van der Waals surface area contributed by atoms with Crippen LogP contribution in [0.2, 0.25) is 0 Å². The highest BCUT2D eigenvalue weighted by atomic mass is 79.9. The summed E-state index contributed by atoms with van der Waals surface area (Å²) in [6.07, 6.45) is 2.21. The van der Waals surface area contributed by atoms with E-state index in [9.17, 15) is 9.59 Å². The number of carbonyl (C=O) groups excluding carboxylic acids is 2. The Morgan fingerprint density at radius 3 is 2.62 bits per heavy atom. The molecule has 1 aromatic heterocycles. The first-order valence-electron chi connectivity index (χ1n) is 10.2. The van der Waals surface area contributed by atoms with Gasteiger partial charge in [0.05, 0.1) is 11.4 Å². The minimum atomic E-state index is -0.360. The van der Waals surface area contributed by atoms with Crippen LogP contribution in [-0.4, -0.2) is 24.1 Å². The normalized spacial score (nSPS) is 14.0. The van der Waals surface area contributed by atoms with E-state index in [4.69, 9.17) is 9.15 Å². The van der Waals surface area contributed by atoms with E-state index in [0.717, 1.165) is 16.5 Å². The van der Waals surface area contributed by atoms with E-state index in [1.54, 1.807) is 18.2 Å². The fourth-order valence-corrected chi connectivity index (χ4v) is 3.95. The predicted octanol–water partition coefficient (Wildman–Crippen LogP) is 4.84. The molecular weight excluding hydrogens is 474 g/mol. The highest BCUT2D eigenvalue weighted by molar-refractivity contribution is 9.10. The van der Waals surface area contributed by atoms with Gasteiger partial charge in [-0.2, -0.15) is 5.10 Å². The maximum atomic E-state index is 12.8. The number of nitrogens with zero attached hydrogens (tertiary/aromatic N) is 1. The summed E-state index contributed by atoms with van der Waals surface area (Å²) >= 11 is 3.43. The smallest absolute Gasteiger partial charge is 0.291 e. The Balaban J connectivity index is 1.47. The number of hydrazone groups is 1. The summed E-state index contributed by atoms with van der Waals surface area (Å²) in [6, 6.07) is 16.5. The lowest BCUT2D eigenvalue weighted by molar-refractivity contribution is -0.123. The van der Waals surface area contributed by atoms with Gasteiger partial charge in [0.25, 0.3) is 11.8 Å². The zero-order valence-electron chi connectivity index (χ0n) is 17.5. The number of benzene rings is 2. The molecule has 2 aromatic carbocycles. The fourth-order valence-electron chi connectivity index (χ4n) is 3.57. The molecule has 8 heteroatoms. The number of carbonyl (C=O) groups is 2. The van der Waals surface area contributed by atoms with Gasteiger partial charge < -0.3 is 14.5 Å². The first-order chi connectivity index (χ1) is 15.5. The second kappa shape index (κ2) is 9.82. The number of amides is 2. The van der Waals surface area contributed by atoms with E-state index in [1.165, 1.54) is 0 Å². The molecule has 7 nitrogen and oxygen atoms in total. The minimum absolute atomic E-state index is 0.141. The Labute approximate surface area is 194 Å². The van der Waals surface area contributed by atoms with E-state index in [-0.39, 0.29) is 24.2 Å². The highest BCUT2D eigenvalue weighted by Gasteiger charge is 2.28. The Kier molecular flexibility index (Phi) is 6.70. The number of para-hydroxylation sites is 2. The summed E-state index contributed by atoms with van der Waals surface area (Å²) in [7, 11) is 0. The van der Waals surface area contributed by atoms with Crippen LogP contribution in [0.4, 0.5) is 5.69 Å². The highest BCUT2D eigenvalue weighted by Crippen LogP contribution is 2.31. The Bertz CT molecular complexity index is 1170. The van der Waals surface area contributed by atoms with Crippen LogP contribution >= 0.6 is 15.9 Å². The molecule has 0 aliphatic heterocycles. The number of hydrogen-bond acceptors (Lipinski definition) is 5. The lowest BCUT2D eigenvalue weighted by atomic mass is 9.93. The predicted molar refractivity (Wildman–Crippen MR) is 125 cm³/mol. The SMILES string of the molecule is Cc1c(C(=O)Nc2ccccc2Br)oc2c1/C(=N/NC(=O)COc1ccccc1)CCC2. The molecule has 0 saturated heterocycles. The Morgan fingerprint density at radius 1 is 1.09 bits per heavy atom. The van der Waals surface area contributed by atoms with Gasteiger partial charge in [-0.15, -0.1) is 0 Å². The molecule has 0 fully saturated rings. The molecule has 3 aromatic rings. The van der Waals surface area contributed by atoms with Gasteiger partial charge in [-0.05, 0) is 60.0 Å². The molecule has 0 saturated carbocycles. The zero-order chi connectivity index (χ0) is 22.5. The molecule has 0 spiro atoms. The third-order valence-corrected chi connectivity index (χ3v) is 5.77. The van der Waals surface area contributed by atoms with Gasteiger partial charge in [-0.1, -0.05) is 30.3 Å². The number of fused-ring (bicyclic) bond motifs is 1. The second-order valence-corrected chi connectivity index (χ2v) is 8.19. The van der Waals surface area contributed by atoms with Crippen molar-refractivity contribution < 1.29 is 18.7 Å². The number of rotatable bonds is 6. The third-order valence-electron chi connectivity index (χ3n) is 5.08. The average Bonchev–Trinajstić information content (AvgIpc) is 3.15. The van der Waals surface area contributed by atoms with Gasteiger partial charge in [0.2, 0.25) is 0 Å². The third kappa shape index (κ3) is 4.91. The van der Waals surface area contributed by atoms with Crippen molar-refractivity contribution in [2.24, 2.45) is 5.10 Å². The molecule has 1 aliphatic rings. The molecule has 1 heterocycles. The van der Waals surface area contributed by atoms with Crippen LogP contribution in [0.15, 0.2) is 68.6 Å². The number of nitrogens with one attached hydrogen (secondary N) is 2. The summed E-state index contributed by atoms with van der Waals surface area (Å²) in [4.78, 5) is 25.0. The van der Waals surface area contributed by atoms with Crippen molar-refractivity contribution in [1.82, 2.24) is 5.43 Å². The second-order valence-electron chi connectivity index (χ2n) is 7.34. The molecule has 0 bridgehead atoms. The van der Waals surface area contributed by atoms with Gasteiger partial charge in [0.15, 0.2) is 12.4 Å². The van der Waals surface area contributed by atoms with Gasteiger partial charge in [0.1, 0.15) is 11.5 Å². The van der Waals surface area contributed by atoms with Crippen LogP contribution in [-0.2, 0) is 11.2 Å². The molecule has 0 unspecified atom stereocenters. The molecule has 0 atom stereocenters. The van der Waals surface area contributed by atoms with Crippen LogP contribution in [0.1, 0.15) is 40.3 Å². The summed E-state index contributed by atoms with van der Waals surface area (Å²) < 4.78 is 12.1. The summed E-state index contributed by atoms with van der Waals surface area (Å²) in [5.74, 6) is 0.880. The zero-order valence-corrected chi connectivity index (χ0v) is 19.1. The van der Waals surface area contributed by atoms with Gasteiger partial charge in [-0.3, -0.25) is 9.59 Å².